The first-order valence-corrected chi connectivity index (χ1v) is 8.02. The van der Waals surface area contributed by atoms with E-state index in [4.69, 9.17) is 9.47 Å². The molecule has 0 spiro atoms. The molecule has 2 aromatic rings. The second-order valence-electron chi connectivity index (χ2n) is 5.54. The molecule has 0 heterocycles. The van der Waals surface area contributed by atoms with Gasteiger partial charge in [-0.05, 0) is 42.2 Å². The number of hydrogen-bond donors (Lipinski definition) is 0. The van der Waals surface area contributed by atoms with Gasteiger partial charge in [-0.25, -0.2) is 9.59 Å². The summed E-state index contributed by atoms with van der Waals surface area (Å²) in [5, 5.41) is 0. The first kappa shape index (κ1) is 18.9. The standard InChI is InChI=1S/C22H20O4/c1-5-20(23)25-19-14-18(13-12-17-10-8-7-9-11-17)15(3)16(4)22(19)26-21(24)6-2/h5-14H,1-2H2,3-4H3. The molecule has 26 heavy (non-hydrogen) atoms. The van der Waals surface area contributed by atoms with E-state index in [1.54, 1.807) is 13.0 Å². The molecule has 0 aliphatic carbocycles. The number of ether oxygens (including phenoxy) is 2. The van der Waals surface area contributed by atoms with Crippen LogP contribution in [0.25, 0.3) is 12.2 Å². The van der Waals surface area contributed by atoms with Crippen molar-refractivity contribution in [3.63, 3.8) is 0 Å². The Morgan fingerprint density at radius 1 is 0.885 bits per heavy atom. The summed E-state index contributed by atoms with van der Waals surface area (Å²) in [5.74, 6) is -0.918. The van der Waals surface area contributed by atoms with Crippen molar-refractivity contribution in [3.8, 4) is 11.5 Å². The molecule has 4 heteroatoms. The molecule has 0 unspecified atom stereocenters. The second kappa shape index (κ2) is 8.62. The van der Waals surface area contributed by atoms with E-state index in [0.29, 0.717) is 5.56 Å². The highest BCUT2D eigenvalue weighted by Crippen LogP contribution is 2.36. The number of carbonyl (C=O) groups excluding carboxylic acids is 2. The van der Waals surface area contributed by atoms with Crippen molar-refractivity contribution in [3.05, 3.63) is 84.0 Å². The van der Waals surface area contributed by atoms with Crippen LogP contribution in [0.3, 0.4) is 0 Å². The number of rotatable bonds is 6. The lowest BCUT2D eigenvalue weighted by molar-refractivity contribution is -0.131. The van der Waals surface area contributed by atoms with Crippen molar-refractivity contribution in [1.82, 2.24) is 0 Å². The van der Waals surface area contributed by atoms with E-state index in [0.717, 1.165) is 28.8 Å². The molecule has 0 fully saturated rings. The van der Waals surface area contributed by atoms with Gasteiger partial charge in [0.1, 0.15) is 0 Å². The minimum absolute atomic E-state index is 0.154. The summed E-state index contributed by atoms with van der Waals surface area (Å²) in [6.07, 6.45) is 5.98. The molecule has 0 saturated heterocycles. The van der Waals surface area contributed by atoms with Gasteiger partial charge in [-0.15, -0.1) is 0 Å². The highest BCUT2D eigenvalue weighted by molar-refractivity contribution is 5.87. The molecule has 2 aromatic carbocycles. The van der Waals surface area contributed by atoms with E-state index < -0.39 is 11.9 Å². The minimum Gasteiger partial charge on any atom is -0.419 e. The maximum Gasteiger partial charge on any atom is 0.335 e. The van der Waals surface area contributed by atoms with Crippen molar-refractivity contribution in [2.45, 2.75) is 13.8 Å². The Hall–Kier alpha value is -3.40. The molecule has 0 saturated carbocycles. The highest BCUT2D eigenvalue weighted by Gasteiger charge is 2.18. The minimum atomic E-state index is -0.637. The second-order valence-corrected chi connectivity index (χ2v) is 5.54. The SMILES string of the molecule is C=CC(=O)Oc1cc(C=Cc2ccccc2)c(C)c(C)c1OC(=O)C=C. The lowest BCUT2D eigenvalue weighted by atomic mass is 10.00. The smallest absolute Gasteiger partial charge is 0.335 e. The van der Waals surface area contributed by atoms with Crippen molar-refractivity contribution < 1.29 is 19.1 Å². The Balaban J connectivity index is 2.51. The van der Waals surface area contributed by atoms with Gasteiger partial charge in [-0.2, -0.15) is 0 Å². The van der Waals surface area contributed by atoms with Gasteiger partial charge in [-0.1, -0.05) is 55.6 Å². The summed E-state index contributed by atoms with van der Waals surface area (Å²) < 4.78 is 10.5. The third-order valence-corrected chi connectivity index (χ3v) is 3.85. The van der Waals surface area contributed by atoms with Crippen LogP contribution in [0.15, 0.2) is 61.7 Å². The predicted molar refractivity (Wildman–Crippen MR) is 103 cm³/mol. The molecule has 0 amide bonds. The first-order chi connectivity index (χ1) is 12.5. The zero-order valence-corrected chi connectivity index (χ0v) is 14.8. The molecule has 0 N–H and O–H groups in total. The van der Waals surface area contributed by atoms with E-state index in [9.17, 15) is 9.59 Å². The summed E-state index contributed by atoms with van der Waals surface area (Å²) in [7, 11) is 0. The van der Waals surface area contributed by atoms with E-state index >= 15 is 0 Å². The Morgan fingerprint density at radius 2 is 1.50 bits per heavy atom. The molecule has 0 aromatic heterocycles. The maximum absolute atomic E-state index is 11.7. The van der Waals surface area contributed by atoms with Crippen molar-refractivity contribution in [1.29, 1.82) is 0 Å². The highest BCUT2D eigenvalue weighted by atomic mass is 16.6. The van der Waals surface area contributed by atoms with Crippen molar-refractivity contribution >= 4 is 24.1 Å². The van der Waals surface area contributed by atoms with Gasteiger partial charge in [0.05, 0.1) is 0 Å². The van der Waals surface area contributed by atoms with E-state index in [-0.39, 0.29) is 11.5 Å². The van der Waals surface area contributed by atoms with Gasteiger partial charge in [-0.3, -0.25) is 0 Å². The normalized spacial score (nSPS) is 10.4. The van der Waals surface area contributed by atoms with Gasteiger partial charge >= 0.3 is 11.9 Å². The number of benzene rings is 2. The lowest BCUT2D eigenvalue weighted by Crippen LogP contribution is -2.10. The van der Waals surface area contributed by atoms with E-state index in [1.807, 2.05) is 49.4 Å². The van der Waals surface area contributed by atoms with Gasteiger partial charge in [0.2, 0.25) is 0 Å². The van der Waals surface area contributed by atoms with Crippen LogP contribution in [-0.4, -0.2) is 11.9 Å². The number of esters is 2. The third kappa shape index (κ3) is 4.57. The Morgan fingerprint density at radius 3 is 2.12 bits per heavy atom. The monoisotopic (exact) mass is 348 g/mol. The summed E-state index contributed by atoms with van der Waals surface area (Å²) in [4.78, 5) is 23.3. The zero-order chi connectivity index (χ0) is 19.1. The molecule has 2 rings (SSSR count). The molecular weight excluding hydrogens is 328 g/mol. The van der Waals surface area contributed by atoms with Crippen LogP contribution in [0.5, 0.6) is 11.5 Å². The average Bonchev–Trinajstić information content (AvgIpc) is 2.66. The number of hydrogen-bond acceptors (Lipinski definition) is 4. The van der Waals surface area contributed by atoms with Crippen LogP contribution in [0.4, 0.5) is 0 Å². The van der Waals surface area contributed by atoms with Gasteiger partial charge in [0.15, 0.2) is 11.5 Å². The Labute approximate surface area is 153 Å². The summed E-state index contributed by atoms with van der Waals surface area (Å²) in [6, 6.07) is 11.5. The molecule has 0 aliphatic heterocycles. The fourth-order valence-electron chi connectivity index (χ4n) is 2.30. The fraction of sp³-hybridized carbons (Fsp3) is 0.0909. The lowest BCUT2D eigenvalue weighted by Gasteiger charge is -2.15. The Kier molecular flexibility index (Phi) is 6.28. The van der Waals surface area contributed by atoms with E-state index in [2.05, 4.69) is 13.2 Å². The molecule has 132 valence electrons. The maximum atomic E-state index is 11.7. The van der Waals surface area contributed by atoms with Crippen LogP contribution in [0.2, 0.25) is 0 Å². The van der Waals surface area contributed by atoms with Gasteiger partial charge in [0, 0.05) is 12.2 Å². The summed E-state index contributed by atoms with van der Waals surface area (Å²) in [5.41, 5.74) is 3.48. The van der Waals surface area contributed by atoms with Crippen LogP contribution >= 0.6 is 0 Å². The van der Waals surface area contributed by atoms with Crippen LogP contribution in [-0.2, 0) is 9.59 Å². The molecule has 0 bridgehead atoms. The van der Waals surface area contributed by atoms with Crippen LogP contribution in [0.1, 0.15) is 22.3 Å². The Bertz CT molecular complexity index is 877. The largest absolute Gasteiger partial charge is 0.419 e. The third-order valence-electron chi connectivity index (χ3n) is 3.85. The quantitative estimate of drug-likeness (QED) is 0.330. The van der Waals surface area contributed by atoms with Crippen LogP contribution < -0.4 is 9.47 Å². The molecule has 0 aliphatic rings. The van der Waals surface area contributed by atoms with Gasteiger partial charge < -0.3 is 9.47 Å². The fourth-order valence-corrected chi connectivity index (χ4v) is 2.30. The summed E-state index contributed by atoms with van der Waals surface area (Å²) >= 11 is 0. The molecular formula is C22H20O4. The molecule has 4 nitrogen and oxygen atoms in total. The van der Waals surface area contributed by atoms with Crippen molar-refractivity contribution in [2.75, 3.05) is 0 Å². The van der Waals surface area contributed by atoms with Crippen LogP contribution in [0, 0.1) is 13.8 Å². The van der Waals surface area contributed by atoms with E-state index in [1.165, 1.54) is 0 Å². The first-order valence-electron chi connectivity index (χ1n) is 8.02. The molecule has 0 atom stereocenters. The summed E-state index contributed by atoms with van der Waals surface area (Å²) in [6.45, 7) is 10.5. The van der Waals surface area contributed by atoms with Gasteiger partial charge in [0.25, 0.3) is 0 Å². The topological polar surface area (TPSA) is 52.6 Å². The number of carbonyl (C=O) groups is 2. The predicted octanol–water partition coefficient (Wildman–Crippen LogP) is 4.66. The average molecular weight is 348 g/mol. The molecule has 0 radical (unpaired) electrons. The zero-order valence-electron chi connectivity index (χ0n) is 14.8. The van der Waals surface area contributed by atoms with Crippen molar-refractivity contribution in [2.24, 2.45) is 0 Å².